The quantitative estimate of drug-likeness (QED) is 0.757. The minimum Gasteiger partial charge on any atom is -0.374 e. The van der Waals surface area contributed by atoms with Gasteiger partial charge in [-0.05, 0) is 25.8 Å². The third kappa shape index (κ3) is 4.03. The summed E-state index contributed by atoms with van der Waals surface area (Å²) in [7, 11) is 1.68. The predicted molar refractivity (Wildman–Crippen MR) is 73.5 cm³/mol. The van der Waals surface area contributed by atoms with Crippen LogP contribution in [0.15, 0.2) is 6.20 Å². The molecule has 1 N–H and O–H groups in total. The van der Waals surface area contributed by atoms with Gasteiger partial charge in [0.15, 0.2) is 5.82 Å². The maximum atomic E-state index is 5.27. The Bertz CT molecular complexity index is 366. The molecule has 0 saturated carbocycles. The summed E-state index contributed by atoms with van der Waals surface area (Å²) in [6, 6.07) is 0. The molecule has 4 nitrogen and oxygen atoms in total. The lowest BCUT2D eigenvalue weighted by Crippen LogP contribution is -2.17. The summed E-state index contributed by atoms with van der Waals surface area (Å²) in [4.78, 5) is 9.04. The molecule has 1 aromatic rings. The predicted octanol–water partition coefficient (Wildman–Crippen LogP) is 2.81. The van der Waals surface area contributed by atoms with E-state index in [0.717, 1.165) is 31.0 Å². The smallest absolute Gasteiger partial charge is 0.157 e. The molecule has 1 rings (SSSR count). The summed E-state index contributed by atoms with van der Waals surface area (Å²) in [6.45, 7) is 10.3. The van der Waals surface area contributed by atoms with Gasteiger partial charge >= 0.3 is 0 Å². The number of methoxy groups -OCH3 is 1. The minimum atomic E-state index is -0.0554. The molecule has 0 aromatic carbocycles. The Morgan fingerprint density at radius 3 is 2.61 bits per heavy atom. The van der Waals surface area contributed by atoms with E-state index >= 15 is 0 Å². The Morgan fingerprint density at radius 2 is 2.06 bits per heavy atom. The standard InChI is InChI=1S/C14H25N3O/c1-6-7-15-8-12-9-16-14(11(4)18-5)17-13(12)10(2)3/h9-11,15H,6-8H2,1-5H3. The van der Waals surface area contributed by atoms with Crippen LogP contribution in [-0.2, 0) is 11.3 Å². The first kappa shape index (κ1) is 15.1. The van der Waals surface area contributed by atoms with Gasteiger partial charge in [-0.2, -0.15) is 0 Å². The normalized spacial score (nSPS) is 13.0. The molecule has 1 unspecified atom stereocenters. The highest BCUT2D eigenvalue weighted by Crippen LogP contribution is 2.19. The Morgan fingerprint density at radius 1 is 1.33 bits per heavy atom. The maximum Gasteiger partial charge on any atom is 0.157 e. The van der Waals surface area contributed by atoms with E-state index < -0.39 is 0 Å². The van der Waals surface area contributed by atoms with Crippen LogP contribution in [0.1, 0.15) is 63.2 Å². The molecular weight excluding hydrogens is 226 g/mol. The van der Waals surface area contributed by atoms with Crippen molar-refractivity contribution in [2.75, 3.05) is 13.7 Å². The van der Waals surface area contributed by atoms with Crippen LogP contribution in [0.3, 0.4) is 0 Å². The van der Waals surface area contributed by atoms with E-state index in [1.165, 1.54) is 5.56 Å². The molecule has 1 atom stereocenters. The largest absolute Gasteiger partial charge is 0.374 e. The first-order valence-corrected chi connectivity index (χ1v) is 6.69. The molecule has 0 aliphatic rings. The second-order valence-corrected chi connectivity index (χ2v) is 4.85. The van der Waals surface area contributed by atoms with Crippen molar-refractivity contribution in [3.8, 4) is 0 Å². The average Bonchev–Trinajstić information content (AvgIpc) is 2.38. The molecule has 0 spiro atoms. The van der Waals surface area contributed by atoms with Crippen LogP contribution in [0.5, 0.6) is 0 Å². The molecule has 0 aliphatic heterocycles. The van der Waals surface area contributed by atoms with Crippen LogP contribution in [0.4, 0.5) is 0 Å². The van der Waals surface area contributed by atoms with E-state index in [9.17, 15) is 0 Å². The van der Waals surface area contributed by atoms with Gasteiger partial charge in [-0.1, -0.05) is 20.8 Å². The number of nitrogens with one attached hydrogen (secondary N) is 1. The van der Waals surface area contributed by atoms with Gasteiger partial charge in [0.1, 0.15) is 6.10 Å². The number of hydrogen-bond acceptors (Lipinski definition) is 4. The van der Waals surface area contributed by atoms with Crippen molar-refractivity contribution in [3.63, 3.8) is 0 Å². The van der Waals surface area contributed by atoms with Gasteiger partial charge in [0.2, 0.25) is 0 Å². The number of hydrogen-bond donors (Lipinski definition) is 1. The van der Waals surface area contributed by atoms with Crippen LogP contribution in [0.25, 0.3) is 0 Å². The molecule has 0 fully saturated rings. The van der Waals surface area contributed by atoms with Gasteiger partial charge in [-0.25, -0.2) is 9.97 Å². The first-order valence-electron chi connectivity index (χ1n) is 6.69. The molecule has 102 valence electrons. The van der Waals surface area contributed by atoms with Crippen molar-refractivity contribution in [1.82, 2.24) is 15.3 Å². The van der Waals surface area contributed by atoms with E-state index in [-0.39, 0.29) is 6.10 Å². The molecule has 1 heterocycles. The van der Waals surface area contributed by atoms with Gasteiger partial charge in [-0.3, -0.25) is 0 Å². The number of rotatable bonds is 7. The van der Waals surface area contributed by atoms with E-state index in [0.29, 0.717) is 5.92 Å². The Kier molecular flexibility index (Phi) is 6.22. The zero-order valence-corrected chi connectivity index (χ0v) is 12.2. The lowest BCUT2D eigenvalue weighted by molar-refractivity contribution is 0.111. The topological polar surface area (TPSA) is 47.0 Å². The zero-order chi connectivity index (χ0) is 13.5. The molecule has 4 heteroatoms. The molecular formula is C14H25N3O. The van der Waals surface area contributed by atoms with Gasteiger partial charge in [0.05, 0.1) is 5.69 Å². The van der Waals surface area contributed by atoms with E-state index in [2.05, 4.69) is 36.1 Å². The summed E-state index contributed by atoms with van der Waals surface area (Å²) < 4.78 is 5.27. The molecule has 1 aromatic heterocycles. The summed E-state index contributed by atoms with van der Waals surface area (Å²) >= 11 is 0. The summed E-state index contributed by atoms with van der Waals surface area (Å²) in [5.41, 5.74) is 2.30. The highest BCUT2D eigenvalue weighted by Gasteiger charge is 2.14. The number of aromatic nitrogens is 2. The van der Waals surface area contributed by atoms with Crippen molar-refractivity contribution < 1.29 is 4.74 Å². The van der Waals surface area contributed by atoms with Crippen molar-refractivity contribution >= 4 is 0 Å². The van der Waals surface area contributed by atoms with Gasteiger partial charge in [0.25, 0.3) is 0 Å². The molecule has 0 bridgehead atoms. The van der Waals surface area contributed by atoms with Crippen molar-refractivity contribution in [1.29, 1.82) is 0 Å². The van der Waals surface area contributed by atoms with Crippen molar-refractivity contribution in [2.24, 2.45) is 0 Å². The highest BCUT2D eigenvalue weighted by molar-refractivity contribution is 5.21. The summed E-state index contributed by atoms with van der Waals surface area (Å²) in [5, 5.41) is 3.40. The fourth-order valence-corrected chi connectivity index (χ4v) is 1.77. The maximum absolute atomic E-state index is 5.27. The van der Waals surface area contributed by atoms with Crippen molar-refractivity contribution in [3.05, 3.63) is 23.3 Å². The highest BCUT2D eigenvalue weighted by atomic mass is 16.5. The van der Waals surface area contributed by atoms with E-state index in [1.54, 1.807) is 7.11 Å². The third-order valence-electron chi connectivity index (χ3n) is 2.92. The molecule has 0 saturated heterocycles. The van der Waals surface area contributed by atoms with Crippen LogP contribution >= 0.6 is 0 Å². The lowest BCUT2D eigenvalue weighted by Gasteiger charge is -2.15. The fourth-order valence-electron chi connectivity index (χ4n) is 1.77. The summed E-state index contributed by atoms with van der Waals surface area (Å²) in [5.74, 6) is 1.16. The molecule has 0 amide bonds. The van der Waals surface area contributed by atoms with Crippen LogP contribution in [0.2, 0.25) is 0 Å². The monoisotopic (exact) mass is 251 g/mol. The number of nitrogens with zero attached hydrogens (tertiary/aromatic N) is 2. The van der Waals surface area contributed by atoms with E-state index in [4.69, 9.17) is 4.74 Å². The second kappa shape index (κ2) is 7.44. The average molecular weight is 251 g/mol. The first-order chi connectivity index (χ1) is 8.60. The van der Waals surface area contributed by atoms with Crippen LogP contribution in [0, 0.1) is 0 Å². The third-order valence-corrected chi connectivity index (χ3v) is 2.92. The van der Waals surface area contributed by atoms with Gasteiger partial charge in [-0.15, -0.1) is 0 Å². The Balaban J connectivity index is 2.90. The fraction of sp³-hybridized carbons (Fsp3) is 0.714. The summed E-state index contributed by atoms with van der Waals surface area (Å²) in [6.07, 6.45) is 3.01. The Labute approximate surface area is 110 Å². The zero-order valence-electron chi connectivity index (χ0n) is 12.2. The van der Waals surface area contributed by atoms with Crippen molar-refractivity contribution in [2.45, 2.75) is 52.7 Å². The molecule has 0 aliphatic carbocycles. The number of ether oxygens (including phenoxy) is 1. The molecule has 0 radical (unpaired) electrons. The van der Waals surface area contributed by atoms with E-state index in [1.807, 2.05) is 13.1 Å². The SMILES string of the molecule is CCCNCc1cnc(C(C)OC)nc1C(C)C. The van der Waals surface area contributed by atoms with Crippen LogP contribution < -0.4 is 5.32 Å². The lowest BCUT2D eigenvalue weighted by atomic mass is 10.0. The van der Waals surface area contributed by atoms with Gasteiger partial charge < -0.3 is 10.1 Å². The Hall–Kier alpha value is -1.00. The molecule has 18 heavy (non-hydrogen) atoms. The van der Waals surface area contributed by atoms with Crippen LogP contribution in [-0.4, -0.2) is 23.6 Å². The van der Waals surface area contributed by atoms with Gasteiger partial charge in [0, 0.05) is 25.4 Å². The second-order valence-electron chi connectivity index (χ2n) is 4.85. The minimum absolute atomic E-state index is 0.0554.